The van der Waals surface area contributed by atoms with E-state index >= 15 is 0 Å². The fraction of sp³-hybridized carbons (Fsp3) is 0.562. The summed E-state index contributed by atoms with van der Waals surface area (Å²) < 4.78 is 10.7. The standard InChI is InChI=1S/C16H27N3O2/c1-4-17-16(18-9-6-11-20-3)19-10-12-21-15-8-5-7-14(2)13-15/h5,7-8,13H,4,6,9-12H2,1-3H3,(H2,17,18,19). The number of rotatable bonds is 9. The molecule has 0 radical (unpaired) electrons. The number of ether oxygens (including phenoxy) is 2. The summed E-state index contributed by atoms with van der Waals surface area (Å²) in [5.74, 6) is 1.72. The van der Waals surface area contributed by atoms with Gasteiger partial charge in [-0.2, -0.15) is 0 Å². The highest BCUT2D eigenvalue weighted by molar-refractivity contribution is 5.79. The largest absolute Gasteiger partial charge is 0.492 e. The van der Waals surface area contributed by atoms with Gasteiger partial charge in [0.15, 0.2) is 5.96 Å². The van der Waals surface area contributed by atoms with Crippen LogP contribution in [0.4, 0.5) is 0 Å². The fourth-order valence-electron chi connectivity index (χ4n) is 1.78. The molecule has 0 unspecified atom stereocenters. The molecule has 5 nitrogen and oxygen atoms in total. The first kappa shape index (κ1) is 17.3. The highest BCUT2D eigenvalue weighted by Gasteiger charge is 1.97. The van der Waals surface area contributed by atoms with E-state index in [1.165, 1.54) is 5.56 Å². The van der Waals surface area contributed by atoms with Gasteiger partial charge in [-0.3, -0.25) is 4.99 Å². The van der Waals surface area contributed by atoms with Gasteiger partial charge >= 0.3 is 0 Å². The molecule has 0 aliphatic rings. The van der Waals surface area contributed by atoms with E-state index in [0.29, 0.717) is 13.2 Å². The van der Waals surface area contributed by atoms with Crippen molar-refractivity contribution in [1.29, 1.82) is 0 Å². The number of aliphatic imine (C=N–C) groups is 1. The van der Waals surface area contributed by atoms with Gasteiger partial charge in [-0.1, -0.05) is 12.1 Å². The Balaban J connectivity index is 2.26. The Morgan fingerprint density at radius 3 is 2.81 bits per heavy atom. The Morgan fingerprint density at radius 1 is 1.24 bits per heavy atom. The molecule has 0 amide bonds. The van der Waals surface area contributed by atoms with Crippen LogP contribution in [0, 0.1) is 6.92 Å². The average Bonchev–Trinajstić information content (AvgIpc) is 2.48. The summed E-state index contributed by atoms with van der Waals surface area (Å²) >= 11 is 0. The first-order chi connectivity index (χ1) is 10.3. The Kier molecular flexibility index (Phi) is 9.04. The van der Waals surface area contributed by atoms with E-state index in [9.17, 15) is 0 Å². The zero-order valence-corrected chi connectivity index (χ0v) is 13.3. The minimum absolute atomic E-state index is 0.603. The van der Waals surface area contributed by atoms with Crippen LogP contribution < -0.4 is 15.4 Å². The molecule has 0 saturated carbocycles. The van der Waals surface area contributed by atoms with Gasteiger partial charge in [-0.25, -0.2) is 0 Å². The average molecular weight is 293 g/mol. The van der Waals surface area contributed by atoms with Crippen LogP contribution in [0.3, 0.4) is 0 Å². The van der Waals surface area contributed by atoms with Crippen molar-refractivity contribution in [2.75, 3.05) is 40.0 Å². The normalized spacial score (nSPS) is 11.3. The van der Waals surface area contributed by atoms with Crippen molar-refractivity contribution in [2.24, 2.45) is 4.99 Å². The first-order valence-corrected chi connectivity index (χ1v) is 7.47. The molecule has 21 heavy (non-hydrogen) atoms. The van der Waals surface area contributed by atoms with Crippen LogP contribution >= 0.6 is 0 Å². The highest BCUT2D eigenvalue weighted by atomic mass is 16.5. The van der Waals surface area contributed by atoms with E-state index < -0.39 is 0 Å². The molecule has 2 N–H and O–H groups in total. The van der Waals surface area contributed by atoms with Crippen molar-refractivity contribution in [3.63, 3.8) is 0 Å². The van der Waals surface area contributed by atoms with Crippen molar-refractivity contribution in [3.05, 3.63) is 29.8 Å². The lowest BCUT2D eigenvalue weighted by Crippen LogP contribution is -2.39. The molecule has 0 aliphatic heterocycles. The van der Waals surface area contributed by atoms with Crippen LogP contribution in [0.25, 0.3) is 0 Å². The summed E-state index contributed by atoms with van der Waals surface area (Å²) in [6.45, 7) is 7.75. The maximum atomic E-state index is 5.69. The second kappa shape index (κ2) is 11.0. The van der Waals surface area contributed by atoms with Crippen molar-refractivity contribution in [2.45, 2.75) is 20.3 Å². The molecule has 0 bridgehead atoms. The number of aryl methyl sites for hydroxylation is 1. The van der Waals surface area contributed by atoms with Gasteiger partial charge < -0.3 is 20.1 Å². The number of methoxy groups -OCH3 is 1. The van der Waals surface area contributed by atoms with E-state index in [-0.39, 0.29) is 0 Å². The Hall–Kier alpha value is -1.75. The van der Waals surface area contributed by atoms with E-state index in [1.807, 2.05) is 18.2 Å². The van der Waals surface area contributed by atoms with Crippen LogP contribution in [0.15, 0.2) is 29.3 Å². The summed E-state index contributed by atoms with van der Waals surface area (Å²) in [5.41, 5.74) is 1.20. The summed E-state index contributed by atoms with van der Waals surface area (Å²) in [5, 5.41) is 6.47. The monoisotopic (exact) mass is 293 g/mol. The number of nitrogens with one attached hydrogen (secondary N) is 2. The zero-order valence-electron chi connectivity index (χ0n) is 13.3. The minimum Gasteiger partial charge on any atom is -0.492 e. The molecule has 0 fully saturated rings. The van der Waals surface area contributed by atoms with E-state index in [1.54, 1.807) is 7.11 Å². The van der Waals surface area contributed by atoms with E-state index in [4.69, 9.17) is 9.47 Å². The quantitative estimate of drug-likeness (QED) is 0.415. The van der Waals surface area contributed by atoms with Gasteiger partial charge in [-0.15, -0.1) is 0 Å². The lowest BCUT2D eigenvalue weighted by Gasteiger charge is -2.12. The summed E-state index contributed by atoms with van der Waals surface area (Å²) in [4.78, 5) is 4.47. The van der Waals surface area contributed by atoms with Gasteiger partial charge in [0.25, 0.3) is 0 Å². The molecule has 0 saturated heterocycles. The SMILES string of the molecule is CCNC(=NCCCOC)NCCOc1cccc(C)c1. The number of hydrogen-bond donors (Lipinski definition) is 2. The van der Waals surface area contributed by atoms with Crippen molar-refractivity contribution < 1.29 is 9.47 Å². The number of benzene rings is 1. The maximum Gasteiger partial charge on any atom is 0.191 e. The lowest BCUT2D eigenvalue weighted by atomic mass is 10.2. The molecule has 0 heterocycles. The molecule has 1 rings (SSSR count). The highest BCUT2D eigenvalue weighted by Crippen LogP contribution is 2.11. The predicted molar refractivity (Wildman–Crippen MR) is 87.1 cm³/mol. The zero-order chi connectivity index (χ0) is 15.3. The van der Waals surface area contributed by atoms with E-state index in [0.717, 1.165) is 37.8 Å². The molecular formula is C16H27N3O2. The van der Waals surface area contributed by atoms with Gasteiger partial charge in [0, 0.05) is 26.8 Å². The molecule has 0 spiro atoms. The third-order valence-corrected chi connectivity index (χ3v) is 2.77. The van der Waals surface area contributed by atoms with Gasteiger partial charge in [0.1, 0.15) is 12.4 Å². The molecular weight excluding hydrogens is 266 g/mol. The van der Waals surface area contributed by atoms with Crippen LogP contribution in [0.2, 0.25) is 0 Å². The van der Waals surface area contributed by atoms with Crippen LogP contribution in [-0.4, -0.2) is 45.9 Å². The Morgan fingerprint density at radius 2 is 2.10 bits per heavy atom. The summed E-state index contributed by atoms with van der Waals surface area (Å²) in [6.07, 6.45) is 0.923. The third kappa shape index (κ3) is 8.19. The van der Waals surface area contributed by atoms with Crippen molar-refractivity contribution in [3.8, 4) is 5.75 Å². The Labute approximate surface area is 127 Å². The molecule has 118 valence electrons. The second-order valence-electron chi connectivity index (χ2n) is 4.70. The number of hydrogen-bond acceptors (Lipinski definition) is 3. The molecule has 1 aromatic rings. The molecule has 0 aromatic heterocycles. The van der Waals surface area contributed by atoms with Gasteiger partial charge in [0.2, 0.25) is 0 Å². The maximum absolute atomic E-state index is 5.69. The number of guanidine groups is 1. The van der Waals surface area contributed by atoms with Crippen LogP contribution in [-0.2, 0) is 4.74 Å². The summed E-state index contributed by atoms with van der Waals surface area (Å²) in [7, 11) is 1.70. The molecule has 0 aliphatic carbocycles. The number of nitrogens with zero attached hydrogens (tertiary/aromatic N) is 1. The fourth-order valence-corrected chi connectivity index (χ4v) is 1.78. The molecule has 5 heteroatoms. The molecule has 1 aromatic carbocycles. The predicted octanol–water partition coefficient (Wildman–Crippen LogP) is 1.97. The van der Waals surface area contributed by atoms with Gasteiger partial charge in [-0.05, 0) is 38.0 Å². The Bertz CT molecular complexity index is 422. The first-order valence-electron chi connectivity index (χ1n) is 7.47. The second-order valence-corrected chi connectivity index (χ2v) is 4.70. The summed E-state index contributed by atoms with van der Waals surface area (Å²) in [6, 6.07) is 8.06. The van der Waals surface area contributed by atoms with Crippen LogP contribution in [0.1, 0.15) is 18.9 Å². The van der Waals surface area contributed by atoms with Crippen molar-refractivity contribution in [1.82, 2.24) is 10.6 Å². The van der Waals surface area contributed by atoms with Crippen LogP contribution in [0.5, 0.6) is 5.75 Å². The lowest BCUT2D eigenvalue weighted by molar-refractivity contribution is 0.197. The third-order valence-electron chi connectivity index (χ3n) is 2.77. The topological polar surface area (TPSA) is 54.9 Å². The smallest absolute Gasteiger partial charge is 0.191 e. The van der Waals surface area contributed by atoms with E-state index in [2.05, 4.69) is 35.5 Å². The minimum atomic E-state index is 0.603. The van der Waals surface area contributed by atoms with Gasteiger partial charge in [0.05, 0.1) is 6.54 Å². The van der Waals surface area contributed by atoms with Crippen molar-refractivity contribution >= 4 is 5.96 Å². The molecule has 0 atom stereocenters.